The number of nitrogens with one attached hydrogen (secondary N) is 2. The Balaban J connectivity index is 0.00000264. The summed E-state index contributed by atoms with van der Waals surface area (Å²) >= 11 is 1.92. The minimum atomic E-state index is 0. The van der Waals surface area contributed by atoms with Gasteiger partial charge in [0, 0.05) is 45.2 Å². The van der Waals surface area contributed by atoms with Crippen molar-refractivity contribution in [1.82, 2.24) is 15.6 Å². The van der Waals surface area contributed by atoms with Crippen LogP contribution in [-0.4, -0.2) is 44.8 Å². The van der Waals surface area contributed by atoms with Crippen molar-refractivity contribution in [2.24, 2.45) is 4.99 Å². The van der Waals surface area contributed by atoms with Crippen LogP contribution in [0.25, 0.3) is 0 Å². The molecule has 0 radical (unpaired) electrons. The average Bonchev–Trinajstić information content (AvgIpc) is 2.96. The monoisotopic (exact) mass is 452 g/mol. The summed E-state index contributed by atoms with van der Waals surface area (Å²) in [5.74, 6) is 0.870. The van der Waals surface area contributed by atoms with Crippen molar-refractivity contribution in [3.05, 3.63) is 15.6 Å². The zero-order valence-electron chi connectivity index (χ0n) is 14.2. The zero-order valence-corrected chi connectivity index (χ0v) is 17.3. The zero-order chi connectivity index (χ0) is 15.6. The van der Waals surface area contributed by atoms with Gasteiger partial charge in [-0.05, 0) is 38.5 Å². The molecule has 2 N–H and O–H groups in total. The number of fused-ring (bicyclic) bond motifs is 1. The first-order valence-electron chi connectivity index (χ1n) is 8.24. The van der Waals surface area contributed by atoms with Crippen LogP contribution in [0.4, 0.5) is 0 Å². The number of nitrogens with zero attached hydrogens (tertiary/aromatic N) is 2. The number of guanidine groups is 1. The Labute approximate surface area is 160 Å². The lowest BCUT2D eigenvalue weighted by Gasteiger charge is -2.11. The van der Waals surface area contributed by atoms with Crippen molar-refractivity contribution in [2.75, 3.05) is 33.9 Å². The number of methoxy groups -OCH3 is 1. The Kier molecular flexibility index (Phi) is 10.8. The Morgan fingerprint density at radius 3 is 2.65 bits per heavy atom. The topological polar surface area (TPSA) is 58.5 Å². The van der Waals surface area contributed by atoms with Gasteiger partial charge in [0.2, 0.25) is 0 Å². The highest BCUT2D eigenvalue weighted by Crippen LogP contribution is 2.27. The average molecular weight is 452 g/mol. The summed E-state index contributed by atoms with van der Waals surface area (Å²) in [6.07, 6.45) is 8.20. The van der Waals surface area contributed by atoms with E-state index < -0.39 is 0 Å². The molecule has 1 aliphatic carbocycles. The van der Waals surface area contributed by atoms with E-state index in [-0.39, 0.29) is 24.0 Å². The normalized spacial score (nSPS) is 14.1. The molecule has 7 heteroatoms. The number of aryl methyl sites for hydroxylation is 3. The van der Waals surface area contributed by atoms with Gasteiger partial charge in [0.15, 0.2) is 5.96 Å². The Hall–Kier alpha value is -0.410. The number of hydrogen-bond acceptors (Lipinski definition) is 4. The van der Waals surface area contributed by atoms with Crippen molar-refractivity contribution in [3.8, 4) is 0 Å². The molecule has 0 aliphatic heterocycles. The minimum absolute atomic E-state index is 0. The highest BCUT2D eigenvalue weighted by atomic mass is 127. The number of ether oxygens (including phenoxy) is 1. The molecule has 2 rings (SSSR count). The molecule has 0 spiro atoms. The van der Waals surface area contributed by atoms with E-state index in [1.54, 1.807) is 14.2 Å². The van der Waals surface area contributed by atoms with E-state index in [9.17, 15) is 0 Å². The lowest BCUT2D eigenvalue weighted by Crippen LogP contribution is -2.38. The van der Waals surface area contributed by atoms with Crippen LogP contribution in [-0.2, 0) is 24.0 Å². The molecule has 0 amide bonds. The van der Waals surface area contributed by atoms with Crippen LogP contribution >= 0.6 is 35.3 Å². The molecular weight excluding hydrogens is 423 g/mol. The number of rotatable bonds is 8. The number of thiazole rings is 1. The predicted molar refractivity (Wildman–Crippen MR) is 108 cm³/mol. The summed E-state index contributed by atoms with van der Waals surface area (Å²) in [5.41, 5.74) is 1.37. The minimum Gasteiger partial charge on any atom is -0.385 e. The van der Waals surface area contributed by atoms with Crippen LogP contribution in [0.5, 0.6) is 0 Å². The molecule has 0 atom stereocenters. The molecule has 5 nitrogen and oxygen atoms in total. The molecule has 1 aromatic rings. The first-order valence-corrected chi connectivity index (χ1v) is 9.06. The van der Waals surface area contributed by atoms with E-state index in [4.69, 9.17) is 9.72 Å². The van der Waals surface area contributed by atoms with Crippen LogP contribution < -0.4 is 10.6 Å². The second kappa shape index (κ2) is 12.0. The number of hydrogen-bond donors (Lipinski definition) is 2. The predicted octanol–water partition coefficient (Wildman–Crippen LogP) is 2.77. The van der Waals surface area contributed by atoms with Crippen molar-refractivity contribution < 1.29 is 4.74 Å². The Morgan fingerprint density at radius 2 is 1.96 bits per heavy atom. The van der Waals surface area contributed by atoms with Crippen LogP contribution in [0.2, 0.25) is 0 Å². The Bertz CT molecular complexity index is 455. The maximum absolute atomic E-state index is 5.03. The maximum Gasteiger partial charge on any atom is 0.190 e. The fraction of sp³-hybridized carbons (Fsp3) is 0.750. The first kappa shape index (κ1) is 20.6. The Morgan fingerprint density at radius 1 is 1.22 bits per heavy atom. The largest absolute Gasteiger partial charge is 0.385 e. The lowest BCUT2D eigenvalue weighted by molar-refractivity contribution is 0.195. The maximum atomic E-state index is 5.03. The molecule has 1 aliphatic rings. The SMILES string of the molecule is CN=C(NCCCOC)NCCCc1nc2c(s1)CCCC2.I. The van der Waals surface area contributed by atoms with E-state index in [0.717, 1.165) is 44.9 Å². The molecular formula is C16H29IN4OS. The number of aliphatic imine (C=N–C) groups is 1. The van der Waals surface area contributed by atoms with Crippen molar-refractivity contribution in [1.29, 1.82) is 0 Å². The molecule has 0 saturated carbocycles. The van der Waals surface area contributed by atoms with Crippen molar-refractivity contribution >= 4 is 41.3 Å². The van der Waals surface area contributed by atoms with Gasteiger partial charge < -0.3 is 15.4 Å². The molecule has 0 unspecified atom stereocenters. The van der Waals surface area contributed by atoms with Gasteiger partial charge in [-0.3, -0.25) is 4.99 Å². The molecule has 23 heavy (non-hydrogen) atoms. The van der Waals surface area contributed by atoms with Gasteiger partial charge in [0.05, 0.1) is 10.7 Å². The second-order valence-corrected chi connectivity index (χ2v) is 6.73. The second-order valence-electron chi connectivity index (χ2n) is 5.56. The van der Waals surface area contributed by atoms with Crippen molar-refractivity contribution in [3.63, 3.8) is 0 Å². The van der Waals surface area contributed by atoms with Crippen LogP contribution in [0, 0.1) is 0 Å². The van der Waals surface area contributed by atoms with Gasteiger partial charge in [0.25, 0.3) is 0 Å². The first-order chi connectivity index (χ1) is 10.8. The van der Waals surface area contributed by atoms with Gasteiger partial charge >= 0.3 is 0 Å². The van der Waals surface area contributed by atoms with E-state index >= 15 is 0 Å². The number of aromatic nitrogens is 1. The van der Waals surface area contributed by atoms with Crippen LogP contribution in [0.1, 0.15) is 41.3 Å². The summed E-state index contributed by atoms with van der Waals surface area (Å²) in [4.78, 5) is 10.5. The summed E-state index contributed by atoms with van der Waals surface area (Å²) < 4.78 is 5.03. The highest BCUT2D eigenvalue weighted by Gasteiger charge is 2.14. The summed E-state index contributed by atoms with van der Waals surface area (Å²) in [6, 6.07) is 0. The molecule has 0 saturated heterocycles. The van der Waals surface area contributed by atoms with Crippen molar-refractivity contribution in [2.45, 2.75) is 44.9 Å². The standard InChI is InChI=1S/C16H28N4OS.HI/c1-17-16(19-11-6-12-21-2)18-10-5-9-15-20-13-7-3-4-8-14(13)22-15;/h3-12H2,1-2H3,(H2,17,18,19);1H. The summed E-state index contributed by atoms with van der Waals surface area (Å²) in [5, 5.41) is 7.94. The molecule has 0 fully saturated rings. The molecule has 0 aromatic carbocycles. The van der Waals surface area contributed by atoms with Crippen LogP contribution in [0.15, 0.2) is 4.99 Å². The lowest BCUT2D eigenvalue weighted by atomic mass is 10.0. The quantitative estimate of drug-likeness (QED) is 0.276. The van der Waals surface area contributed by atoms with Gasteiger partial charge in [-0.25, -0.2) is 4.98 Å². The van der Waals surface area contributed by atoms with Gasteiger partial charge in [-0.2, -0.15) is 0 Å². The molecule has 0 bridgehead atoms. The van der Waals surface area contributed by atoms with E-state index in [2.05, 4.69) is 15.6 Å². The fourth-order valence-electron chi connectivity index (χ4n) is 2.60. The summed E-state index contributed by atoms with van der Waals surface area (Å²) in [7, 11) is 3.53. The van der Waals surface area contributed by atoms with Gasteiger partial charge in [0.1, 0.15) is 0 Å². The molecule has 1 aromatic heterocycles. The third-order valence-electron chi connectivity index (χ3n) is 3.79. The van der Waals surface area contributed by atoms with Gasteiger partial charge in [-0.1, -0.05) is 0 Å². The van der Waals surface area contributed by atoms with E-state index in [1.165, 1.54) is 41.3 Å². The summed E-state index contributed by atoms with van der Waals surface area (Å²) in [6.45, 7) is 2.58. The van der Waals surface area contributed by atoms with E-state index in [0.29, 0.717) is 0 Å². The highest BCUT2D eigenvalue weighted by molar-refractivity contribution is 14.0. The fourth-order valence-corrected chi connectivity index (χ4v) is 3.80. The molecule has 132 valence electrons. The van der Waals surface area contributed by atoms with E-state index in [1.807, 2.05) is 11.3 Å². The van der Waals surface area contributed by atoms with Crippen LogP contribution in [0.3, 0.4) is 0 Å². The number of halogens is 1. The third-order valence-corrected chi connectivity index (χ3v) is 5.01. The molecule has 1 heterocycles. The smallest absolute Gasteiger partial charge is 0.190 e. The third kappa shape index (κ3) is 7.34. The van der Waals surface area contributed by atoms with Gasteiger partial charge in [-0.15, -0.1) is 35.3 Å².